The molecule has 0 bridgehead atoms. The van der Waals surface area contributed by atoms with Crippen LogP contribution in [0.5, 0.6) is 0 Å². The SMILES string of the molecule is CCCc1ccc(-c2c(Cl)nc(N)n2C)cc1. The fraction of sp³-hybridized carbons (Fsp3) is 0.308. The minimum Gasteiger partial charge on any atom is -0.369 e. The highest BCUT2D eigenvalue weighted by atomic mass is 35.5. The Morgan fingerprint density at radius 1 is 1.29 bits per heavy atom. The van der Waals surface area contributed by atoms with Gasteiger partial charge in [0.25, 0.3) is 0 Å². The lowest BCUT2D eigenvalue weighted by molar-refractivity contribution is 0.920. The van der Waals surface area contributed by atoms with Crippen LogP contribution in [0, 0.1) is 0 Å². The first-order valence-corrected chi connectivity index (χ1v) is 6.08. The van der Waals surface area contributed by atoms with Crippen molar-refractivity contribution in [3.63, 3.8) is 0 Å². The molecule has 0 radical (unpaired) electrons. The molecule has 2 N–H and O–H groups in total. The van der Waals surface area contributed by atoms with Crippen LogP contribution in [0.2, 0.25) is 5.15 Å². The lowest BCUT2D eigenvalue weighted by atomic mass is 10.1. The normalized spacial score (nSPS) is 10.8. The molecule has 0 atom stereocenters. The smallest absolute Gasteiger partial charge is 0.201 e. The number of imidazole rings is 1. The summed E-state index contributed by atoms with van der Waals surface area (Å²) in [7, 11) is 1.86. The van der Waals surface area contributed by atoms with Gasteiger partial charge in [0.2, 0.25) is 5.95 Å². The van der Waals surface area contributed by atoms with E-state index < -0.39 is 0 Å². The molecule has 1 heterocycles. The molecule has 2 rings (SSSR count). The molecule has 4 heteroatoms. The number of hydrogen-bond donors (Lipinski definition) is 1. The molecule has 0 aliphatic carbocycles. The topological polar surface area (TPSA) is 43.8 Å². The zero-order valence-electron chi connectivity index (χ0n) is 10.1. The minimum atomic E-state index is 0.433. The number of anilines is 1. The second-order valence-electron chi connectivity index (χ2n) is 4.12. The average molecular weight is 250 g/mol. The summed E-state index contributed by atoms with van der Waals surface area (Å²) < 4.78 is 1.80. The van der Waals surface area contributed by atoms with Gasteiger partial charge >= 0.3 is 0 Å². The molecule has 3 nitrogen and oxygen atoms in total. The average Bonchev–Trinajstić information content (AvgIpc) is 2.55. The third-order valence-electron chi connectivity index (χ3n) is 2.85. The lowest BCUT2D eigenvalue weighted by Crippen LogP contribution is -1.98. The number of halogens is 1. The Bertz CT molecular complexity index is 514. The third kappa shape index (κ3) is 2.29. The summed E-state index contributed by atoms with van der Waals surface area (Å²) in [6.45, 7) is 2.17. The molecule has 0 saturated heterocycles. The maximum atomic E-state index is 6.07. The van der Waals surface area contributed by atoms with E-state index >= 15 is 0 Å². The van der Waals surface area contributed by atoms with Crippen molar-refractivity contribution >= 4 is 17.5 Å². The summed E-state index contributed by atoms with van der Waals surface area (Å²) in [5.41, 5.74) is 8.97. The quantitative estimate of drug-likeness (QED) is 0.907. The Kier molecular flexibility index (Phi) is 3.38. The molecule has 1 aromatic heterocycles. The molecule has 90 valence electrons. The molecule has 0 aliphatic heterocycles. The van der Waals surface area contributed by atoms with E-state index in [0.717, 1.165) is 24.1 Å². The molecule has 2 aromatic rings. The Hall–Kier alpha value is -1.48. The summed E-state index contributed by atoms with van der Waals surface area (Å²) in [4.78, 5) is 4.05. The molecule has 0 spiro atoms. The number of aromatic nitrogens is 2. The molecule has 0 saturated carbocycles. The number of nitrogen functional groups attached to an aromatic ring is 1. The van der Waals surface area contributed by atoms with E-state index in [0.29, 0.717) is 11.1 Å². The monoisotopic (exact) mass is 249 g/mol. The standard InChI is InChI=1S/C13H16ClN3/c1-3-4-9-5-7-10(8-6-9)11-12(14)16-13(15)17(11)2/h5-8H,3-4H2,1-2H3,(H2,15,16). The van der Waals surface area contributed by atoms with Crippen LogP contribution in [-0.2, 0) is 13.5 Å². The van der Waals surface area contributed by atoms with Crippen LogP contribution in [0.25, 0.3) is 11.3 Å². The molecular formula is C13H16ClN3. The number of nitrogens with zero attached hydrogens (tertiary/aromatic N) is 2. The zero-order valence-corrected chi connectivity index (χ0v) is 10.8. The fourth-order valence-electron chi connectivity index (χ4n) is 1.91. The molecule has 0 fully saturated rings. The van der Waals surface area contributed by atoms with E-state index in [-0.39, 0.29) is 0 Å². The van der Waals surface area contributed by atoms with E-state index in [9.17, 15) is 0 Å². The highest BCUT2D eigenvalue weighted by Gasteiger charge is 2.12. The summed E-state index contributed by atoms with van der Waals surface area (Å²) in [6.07, 6.45) is 2.25. The van der Waals surface area contributed by atoms with Crippen molar-refractivity contribution in [2.24, 2.45) is 7.05 Å². The summed E-state index contributed by atoms with van der Waals surface area (Å²) in [6, 6.07) is 8.37. The van der Waals surface area contributed by atoms with Crippen LogP contribution in [0.1, 0.15) is 18.9 Å². The largest absolute Gasteiger partial charge is 0.369 e. The van der Waals surface area contributed by atoms with Crippen LogP contribution in [0.4, 0.5) is 5.95 Å². The van der Waals surface area contributed by atoms with E-state index in [1.54, 1.807) is 4.57 Å². The molecule has 0 aliphatic rings. The van der Waals surface area contributed by atoms with Crippen LogP contribution in [0.3, 0.4) is 0 Å². The van der Waals surface area contributed by atoms with Gasteiger partial charge in [-0.05, 0) is 12.0 Å². The lowest BCUT2D eigenvalue weighted by Gasteiger charge is -2.05. The highest BCUT2D eigenvalue weighted by molar-refractivity contribution is 6.32. The number of aryl methyl sites for hydroxylation is 1. The Balaban J connectivity index is 2.39. The first kappa shape index (κ1) is 12.0. The Morgan fingerprint density at radius 3 is 2.41 bits per heavy atom. The van der Waals surface area contributed by atoms with Gasteiger partial charge < -0.3 is 10.3 Å². The van der Waals surface area contributed by atoms with E-state index in [1.165, 1.54) is 5.56 Å². The van der Waals surface area contributed by atoms with E-state index in [1.807, 2.05) is 7.05 Å². The summed E-state index contributed by atoms with van der Waals surface area (Å²) in [5.74, 6) is 0.433. The molecule has 1 aromatic carbocycles. The Morgan fingerprint density at radius 2 is 1.94 bits per heavy atom. The van der Waals surface area contributed by atoms with Gasteiger partial charge in [0.1, 0.15) is 0 Å². The molecular weight excluding hydrogens is 234 g/mol. The Labute approximate surface area is 106 Å². The van der Waals surface area contributed by atoms with Crippen LogP contribution in [0.15, 0.2) is 24.3 Å². The van der Waals surface area contributed by atoms with Gasteiger partial charge in [0.15, 0.2) is 5.15 Å². The van der Waals surface area contributed by atoms with Crippen molar-refractivity contribution in [2.45, 2.75) is 19.8 Å². The van der Waals surface area contributed by atoms with E-state index in [2.05, 4.69) is 36.2 Å². The molecule has 0 amide bonds. The van der Waals surface area contributed by atoms with Crippen molar-refractivity contribution < 1.29 is 0 Å². The van der Waals surface area contributed by atoms with Gasteiger partial charge in [-0.3, -0.25) is 0 Å². The fourth-order valence-corrected chi connectivity index (χ4v) is 2.23. The molecule has 0 unspecified atom stereocenters. The van der Waals surface area contributed by atoms with Crippen molar-refractivity contribution in [1.29, 1.82) is 0 Å². The number of benzene rings is 1. The van der Waals surface area contributed by atoms with Crippen LogP contribution < -0.4 is 5.73 Å². The summed E-state index contributed by atoms with van der Waals surface area (Å²) >= 11 is 6.07. The van der Waals surface area contributed by atoms with Gasteiger partial charge in [-0.15, -0.1) is 0 Å². The number of rotatable bonds is 3. The van der Waals surface area contributed by atoms with Gasteiger partial charge in [-0.1, -0.05) is 49.2 Å². The van der Waals surface area contributed by atoms with Crippen molar-refractivity contribution in [2.75, 3.05) is 5.73 Å². The zero-order chi connectivity index (χ0) is 12.4. The second-order valence-corrected chi connectivity index (χ2v) is 4.47. The van der Waals surface area contributed by atoms with E-state index in [4.69, 9.17) is 17.3 Å². The molecule has 17 heavy (non-hydrogen) atoms. The van der Waals surface area contributed by atoms with Crippen LogP contribution >= 0.6 is 11.6 Å². The third-order valence-corrected chi connectivity index (χ3v) is 3.12. The van der Waals surface area contributed by atoms with Crippen LogP contribution in [-0.4, -0.2) is 9.55 Å². The minimum absolute atomic E-state index is 0.433. The number of nitrogens with two attached hydrogens (primary N) is 1. The van der Waals surface area contributed by atoms with Gasteiger partial charge in [-0.2, -0.15) is 0 Å². The van der Waals surface area contributed by atoms with Gasteiger partial charge in [0, 0.05) is 12.6 Å². The first-order valence-electron chi connectivity index (χ1n) is 5.70. The highest BCUT2D eigenvalue weighted by Crippen LogP contribution is 2.29. The van der Waals surface area contributed by atoms with Gasteiger partial charge in [-0.25, -0.2) is 4.98 Å². The first-order chi connectivity index (χ1) is 8.13. The predicted octanol–water partition coefficient (Wildman–Crippen LogP) is 3.28. The maximum Gasteiger partial charge on any atom is 0.201 e. The second kappa shape index (κ2) is 4.80. The summed E-state index contributed by atoms with van der Waals surface area (Å²) in [5, 5.41) is 0.452. The van der Waals surface area contributed by atoms with Crippen molar-refractivity contribution in [3.05, 3.63) is 35.0 Å². The van der Waals surface area contributed by atoms with Crippen molar-refractivity contribution in [1.82, 2.24) is 9.55 Å². The van der Waals surface area contributed by atoms with Crippen molar-refractivity contribution in [3.8, 4) is 11.3 Å². The van der Waals surface area contributed by atoms with Gasteiger partial charge in [0.05, 0.1) is 5.69 Å². The predicted molar refractivity (Wildman–Crippen MR) is 72.1 cm³/mol. The number of hydrogen-bond acceptors (Lipinski definition) is 2. The maximum absolute atomic E-state index is 6.07.